The number of aromatic nitrogens is 2. The van der Waals surface area contributed by atoms with Crippen molar-refractivity contribution in [3.63, 3.8) is 0 Å². The van der Waals surface area contributed by atoms with Gasteiger partial charge >= 0.3 is 0 Å². The van der Waals surface area contributed by atoms with Crippen molar-refractivity contribution >= 4 is 36.4 Å². The molecule has 1 amide bonds. The number of nitrogens with one attached hydrogen (secondary N) is 1. The summed E-state index contributed by atoms with van der Waals surface area (Å²) in [7, 11) is 0. The van der Waals surface area contributed by atoms with E-state index >= 15 is 0 Å². The predicted molar refractivity (Wildman–Crippen MR) is 118 cm³/mol. The molecule has 8 heteroatoms. The molecule has 0 spiro atoms. The Bertz CT molecular complexity index is 972. The molecule has 4 rings (SSSR count). The first-order valence-corrected chi connectivity index (χ1v) is 9.31. The fraction of sp³-hybridized carbons (Fsp3) is 0.333. The number of carbonyl (C=O) groups is 1. The van der Waals surface area contributed by atoms with Crippen LogP contribution in [0.25, 0.3) is 5.65 Å². The van der Waals surface area contributed by atoms with Gasteiger partial charge in [0.2, 0.25) is 0 Å². The van der Waals surface area contributed by atoms with Gasteiger partial charge in [-0.1, -0.05) is 18.2 Å². The van der Waals surface area contributed by atoms with E-state index in [1.54, 1.807) is 6.07 Å². The Morgan fingerprint density at radius 2 is 2.03 bits per heavy atom. The third kappa shape index (κ3) is 5.21. The lowest BCUT2D eigenvalue weighted by atomic mass is 10.1. The number of ether oxygens (including phenoxy) is 1. The van der Waals surface area contributed by atoms with E-state index in [9.17, 15) is 4.79 Å². The van der Waals surface area contributed by atoms with E-state index in [-0.39, 0.29) is 36.8 Å². The number of nitrogens with zero attached hydrogens (tertiary/aromatic N) is 2. The summed E-state index contributed by atoms with van der Waals surface area (Å²) in [6.07, 6.45) is 6.18. The molecule has 0 saturated heterocycles. The summed E-state index contributed by atoms with van der Waals surface area (Å²) < 4.78 is 7.92. The first-order valence-electron chi connectivity index (χ1n) is 9.31. The van der Waals surface area contributed by atoms with E-state index in [1.807, 2.05) is 54.0 Å². The van der Waals surface area contributed by atoms with Crippen LogP contribution in [-0.4, -0.2) is 27.9 Å². The maximum absolute atomic E-state index is 12.7. The van der Waals surface area contributed by atoms with Gasteiger partial charge < -0.3 is 20.2 Å². The molecule has 0 aliphatic heterocycles. The Balaban J connectivity index is 0.00000150. The van der Waals surface area contributed by atoms with Gasteiger partial charge in [-0.2, -0.15) is 0 Å². The van der Waals surface area contributed by atoms with E-state index in [2.05, 4.69) is 10.3 Å². The maximum Gasteiger partial charge on any atom is 0.255 e. The lowest BCUT2D eigenvalue weighted by Gasteiger charge is -2.17. The first kappa shape index (κ1) is 23.0. The number of aryl methyl sites for hydroxylation is 1. The summed E-state index contributed by atoms with van der Waals surface area (Å²) >= 11 is 0. The minimum atomic E-state index is -0.140. The molecule has 1 fully saturated rings. The van der Waals surface area contributed by atoms with Crippen LogP contribution >= 0.6 is 24.8 Å². The van der Waals surface area contributed by atoms with E-state index in [4.69, 9.17) is 10.5 Å². The minimum Gasteiger partial charge on any atom is -0.486 e. The van der Waals surface area contributed by atoms with Crippen molar-refractivity contribution < 1.29 is 9.53 Å². The van der Waals surface area contributed by atoms with E-state index < -0.39 is 0 Å². The van der Waals surface area contributed by atoms with Crippen molar-refractivity contribution in [3.8, 4) is 5.75 Å². The molecule has 3 N–H and O–H groups in total. The van der Waals surface area contributed by atoms with E-state index in [1.165, 1.54) is 0 Å². The Hall–Kier alpha value is -2.28. The van der Waals surface area contributed by atoms with E-state index in [0.717, 1.165) is 29.7 Å². The van der Waals surface area contributed by atoms with Crippen molar-refractivity contribution in [1.82, 2.24) is 14.7 Å². The summed E-state index contributed by atoms with van der Waals surface area (Å²) in [6.45, 7) is 2.79. The van der Waals surface area contributed by atoms with Crippen LogP contribution in [0.5, 0.6) is 5.75 Å². The molecule has 1 saturated carbocycles. The summed E-state index contributed by atoms with van der Waals surface area (Å²) in [4.78, 5) is 17.3. The Morgan fingerprint density at radius 1 is 1.28 bits per heavy atom. The number of nitrogens with two attached hydrogens (primary N) is 1. The molecular weight excluding hydrogens is 411 g/mol. The molecule has 1 aromatic carbocycles. The Kier molecular flexibility index (Phi) is 7.90. The molecule has 0 radical (unpaired) electrons. The second-order valence-corrected chi connectivity index (χ2v) is 7.09. The average molecular weight is 437 g/mol. The number of fused-ring (bicyclic) bond motifs is 1. The van der Waals surface area contributed by atoms with Gasteiger partial charge in [-0.05, 0) is 49.4 Å². The molecule has 1 atom stereocenters. The van der Waals surface area contributed by atoms with Crippen molar-refractivity contribution in [2.24, 2.45) is 11.7 Å². The third-order valence-corrected chi connectivity index (χ3v) is 5.00. The Labute approximate surface area is 182 Å². The van der Waals surface area contributed by atoms with Gasteiger partial charge in [0.1, 0.15) is 18.0 Å². The number of pyridine rings is 1. The standard InChI is InChI=1S/C21H24N4O2.2ClH/c1-14-5-4-10-25-12-16(23-20(14)25)13-27-19-7-3-2-6-17(19)21(26)24-18(11-22)15-8-9-15;;/h2-7,10,12,15,18H,8-9,11,13,22H2,1H3,(H,24,26);2*1H. The zero-order valence-corrected chi connectivity index (χ0v) is 17.8. The number of para-hydroxylation sites is 1. The van der Waals surface area contributed by atoms with Gasteiger partial charge in [-0.15, -0.1) is 24.8 Å². The molecule has 2 heterocycles. The van der Waals surface area contributed by atoms with Crippen LogP contribution in [0.2, 0.25) is 0 Å². The highest BCUT2D eigenvalue weighted by Gasteiger charge is 2.31. The van der Waals surface area contributed by atoms with Crippen LogP contribution in [-0.2, 0) is 6.61 Å². The third-order valence-electron chi connectivity index (χ3n) is 5.00. The zero-order valence-electron chi connectivity index (χ0n) is 16.2. The smallest absolute Gasteiger partial charge is 0.255 e. The zero-order chi connectivity index (χ0) is 18.8. The van der Waals surface area contributed by atoms with Gasteiger partial charge in [0.15, 0.2) is 0 Å². The van der Waals surface area contributed by atoms with Crippen molar-refractivity contribution in [2.45, 2.75) is 32.4 Å². The highest BCUT2D eigenvalue weighted by Crippen LogP contribution is 2.32. The number of hydrogen-bond donors (Lipinski definition) is 2. The summed E-state index contributed by atoms with van der Waals surface area (Å²) in [6, 6.07) is 11.3. The van der Waals surface area contributed by atoms with Crippen LogP contribution < -0.4 is 15.8 Å². The molecular formula is C21H26Cl2N4O2. The number of imidazole rings is 1. The second-order valence-electron chi connectivity index (χ2n) is 7.09. The number of rotatable bonds is 7. The Morgan fingerprint density at radius 3 is 2.72 bits per heavy atom. The SMILES string of the molecule is Cc1cccn2cc(COc3ccccc3C(=O)NC(CN)C3CC3)nc12.Cl.Cl. The average Bonchev–Trinajstić information content (AvgIpc) is 3.43. The van der Waals surface area contributed by atoms with Crippen LogP contribution in [0.15, 0.2) is 48.8 Å². The summed E-state index contributed by atoms with van der Waals surface area (Å²) in [5, 5.41) is 3.05. The van der Waals surface area contributed by atoms with Crippen LogP contribution in [0.3, 0.4) is 0 Å². The number of carbonyl (C=O) groups excluding carboxylic acids is 1. The largest absolute Gasteiger partial charge is 0.486 e. The molecule has 156 valence electrons. The fourth-order valence-corrected chi connectivity index (χ4v) is 3.32. The number of amides is 1. The maximum atomic E-state index is 12.7. The lowest BCUT2D eigenvalue weighted by molar-refractivity contribution is 0.0929. The highest BCUT2D eigenvalue weighted by atomic mass is 35.5. The van der Waals surface area contributed by atoms with Crippen molar-refractivity contribution in [1.29, 1.82) is 0 Å². The quantitative estimate of drug-likeness (QED) is 0.593. The van der Waals surface area contributed by atoms with Gasteiger partial charge in [-0.25, -0.2) is 4.98 Å². The topological polar surface area (TPSA) is 81.7 Å². The number of hydrogen-bond acceptors (Lipinski definition) is 4. The van der Waals surface area contributed by atoms with Crippen molar-refractivity contribution in [3.05, 3.63) is 65.6 Å². The molecule has 0 bridgehead atoms. The molecule has 1 aliphatic carbocycles. The highest BCUT2D eigenvalue weighted by molar-refractivity contribution is 5.97. The monoisotopic (exact) mass is 436 g/mol. The van der Waals surface area contributed by atoms with Crippen LogP contribution in [0.4, 0.5) is 0 Å². The van der Waals surface area contributed by atoms with Gasteiger partial charge in [0, 0.05) is 25.0 Å². The van der Waals surface area contributed by atoms with Crippen molar-refractivity contribution in [2.75, 3.05) is 6.54 Å². The minimum absolute atomic E-state index is 0. The molecule has 2 aromatic heterocycles. The van der Waals surface area contributed by atoms with Crippen LogP contribution in [0.1, 0.15) is 34.5 Å². The second kappa shape index (κ2) is 9.96. The van der Waals surface area contributed by atoms with Crippen LogP contribution in [0, 0.1) is 12.8 Å². The molecule has 1 aliphatic rings. The van der Waals surface area contributed by atoms with Gasteiger partial charge in [0.05, 0.1) is 11.3 Å². The summed E-state index contributed by atoms with van der Waals surface area (Å²) in [5.74, 6) is 0.919. The normalized spacial score (nSPS) is 13.9. The molecule has 1 unspecified atom stereocenters. The number of halogens is 2. The molecule has 6 nitrogen and oxygen atoms in total. The van der Waals surface area contributed by atoms with Gasteiger partial charge in [-0.3, -0.25) is 4.79 Å². The molecule has 3 aromatic rings. The predicted octanol–water partition coefficient (Wildman–Crippen LogP) is 3.53. The van der Waals surface area contributed by atoms with Gasteiger partial charge in [0.25, 0.3) is 5.91 Å². The summed E-state index contributed by atoms with van der Waals surface area (Å²) in [5.41, 5.74) is 9.17. The van der Waals surface area contributed by atoms with E-state index in [0.29, 0.717) is 30.4 Å². The lowest BCUT2D eigenvalue weighted by Crippen LogP contribution is -2.41. The first-order chi connectivity index (χ1) is 13.2. The molecule has 29 heavy (non-hydrogen) atoms. The fourth-order valence-electron chi connectivity index (χ4n) is 3.32. The number of benzene rings is 1.